The first-order valence-electron chi connectivity index (χ1n) is 9.67. The van der Waals surface area contributed by atoms with E-state index in [0.29, 0.717) is 26.1 Å². The van der Waals surface area contributed by atoms with Crippen LogP contribution in [-0.4, -0.2) is 59.7 Å². The zero-order valence-corrected chi connectivity index (χ0v) is 16.7. The Labute approximate surface area is 161 Å². The first kappa shape index (κ1) is 19.7. The van der Waals surface area contributed by atoms with Crippen LogP contribution in [0.3, 0.4) is 0 Å². The van der Waals surface area contributed by atoms with Gasteiger partial charge >= 0.3 is 6.09 Å². The molecule has 0 bridgehead atoms. The summed E-state index contributed by atoms with van der Waals surface area (Å²) in [6, 6.07) is 7.81. The Kier molecular flexibility index (Phi) is 5.75. The van der Waals surface area contributed by atoms with Gasteiger partial charge in [-0.3, -0.25) is 9.69 Å². The Hall–Kier alpha value is -2.08. The Morgan fingerprint density at radius 1 is 1.26 bits per heavy atom. The van der Waals surface area contributed by atoms with Crippen molar-refractivity contribution in [2.45, 2.75) is 64.4 Å². The van der Waals surface area contributed by atoms with Crippen LogP contribution in [-0.2, 0) is 27.3 Å². The molecule has 0 aliphatic carbocycles. The van der Waals surface area contributed by atoms with Crippen molar-refractivity contribution in [3.63, 3.8) is 0 Å². The van der Waals surface area contributed by atoms with E-state index < -0.39 is 17.7 Å². The number of rotatable bonds is 3. The number of fused-ring (bicyclic) bond motifs is 1. The largest absolute Gasteiger partial charge is 0.444 e. The number of carbonyl (C=O) groups is 2. The standard InChI is InChI=1S/C21H30N2O4/c1-21(2,3)27-20(25)23-11-7-10-18(23)19(24)22(4)13-17-12-15-8-5-6-9-16(15)14-26-17/h5-6,8-9,17-18H,7,10-14H2,1-4H3. The SMILES string of the molecule is CN(CC1Cc2ccccc2CO1)C(=O)C1CCCN1C(=O)OC(C)(C)C. The van der Waals surface area contributed by atoms with Gasteiger partial charge in [-0.25, -0.2) is 4.79 Å². The molecule has 2 heterocycles. The first-order chi connectivity index (χ1) is 12.7. The molecule has 1 aromatic rings. The van der Waals surface area contributed by atoms with Gasteiger partial charge in [0.15, 0.2) is 0 Å². The number of likely N-dealkylation sites (N-methyl/N-ethyl adjacent to an activating group) is 1. The van der Waals surface area contributed by atoms with Gasteiger partial charge in [-0.05, 0) is 44.7 Å². The molecule has 1 fully saturated rings. The van der Waals surface area contributed by atoms with E-state index in [1.165, 1.54) is 11.1 Å². The number of ether oxygens (including phenoxy) is 2. The maximum Gasteiger partial charge on any atom is 0.410 e. The van der Waals surface area contributed by atoms with E-state index in [9.17, 15) is 9.59 Å². The third-order valence-corrected chi connectivity index (χ3v) is 5.06. The fourth-order valence-electron chi connectivity index (χ4n) is 3.74. The van der Waals surface area contributed by atoms with Gasteiger partial charge in [0.2, 0.25) is 5.91 Å². The summed E-state index contributed by atoms with van der Waals surface area (Å²) < 4.78 is 11.4. The van der Waals surface area contributed by atoms with E-state index in [4.69, 9.17) is 9.47 Å². The zero-order chi connectivity index (χ0) is 19.6. The van der Waals surface area contributed by atoms with Crippen molar-refractivity contribution in [3.8, 4) is 0 Å². The predicted molar refractivity (Wildman–Crippen MR) is 102 cm³/mol. The second-order valence-electron chi connectivity index (χ2n) is 8.46. The number of hydrogen-bond donors (Lipinski definition) is 0. The fourth-order valence-corrected chi connectivity index (χ4v) is 3.74. The smallest absolute Gasteiger partial charge is 0.410 e. The second-order valence-corrected chi connectivity index (χ2v) is 8.46. The predicted octanol–water partition coefficient (Wildman–Crippen LogP) is 2.99. The second kappa shape index (κ2) is 7.89. The van der Waals surface area contributed by atoms with Crippen LogP contribution in [0.2, 0.25) is 0 Å². The summed E-state index contributed by atoms with van der Waals surface area (Å²) in [5, 5.41) is 0. The molecular formula is C21H30N2O4. The molecule has 0 N–H and O–H groups in total. The van der Waals surface area contributed by atoms with Crippen LogP contribution in [0.25, 0.3) is 0 Å². The van der Waals surface area contributed by atoms with Crippen LogP contribution < -0.4 is 0 Å². The monoisotopic (exact) mass is 374 g/mol. The molecule has 3 rings (SSSR count). The van der Waals surface area contributed by atoms with Crippen LogP contribution in [0.5, 0.6) is 0 Å². The summed E-state index contributed by atoms with van der Waals surface area (Å²) in [6.45, 7) is 7.17. The lowest BCUT2D eigenvalue weighted by Crippen LogP contribution is -2.50. The van der Waals surface area contributed by atoms with Crippen LogP contribution in [0.4, 0.5) is 4.79 Å². The summed E-state index contributed by atoms with van der Waals surface area (Å²) in [5.41, 5.74) is 1.93. The number of hydrogen-bond acceptors (Lipinski definition) is 4. The lowest BCUT2D eigenvalue weighted by molar-refractivity contribution is -0.136. The van der Waals surface area contributed by atoms with Gasteiger partial charge in [-0.2, -0.15) is 0 Å². The minimum atomic E-state index is -0.567. The zero-order valence-electron chi connectivity index (χ0n) is 16.7. The molecule has 148 valence electrons. The molecule has 2 amide bonds. The van der Waals surface area contributed by atoms with Crippen molar-refractivity contribution < 1.29 is 19.1 Å². The molecule has 0 spiro atoms. The van der Waals surface area contributed by atoms with Crippen molar-refractivity contribution in [3.05, 3.63) is 35.4 Å². The topological polar surface area (TPSA) is 59.1 Å². The minimum Gasteiger partial charge on any atom is -0.444 e. The molecule has 0 aromatic heterocycles. The Balaban J connectivity index is 1.59. The average Bonchev–Trinajstić information content (AvgIpc) is 3.09. The number of likely N-dealkylation sites (tertiary alicyclic amines) is 1. The van der Waals surface area contributed by atoms with Gasteiger partial charge < -0.3 is 14.4 Å². The van der Waals surface area contributed by atoms with Crippen molar-refractivity contribution in [1.29, 1.82) is 0 Å². The summed E-state index contributed by atoms with van der Waals surface area (Å²) in [4.78, 5) is 28.7. The molecule has 2 atom stereocenters. The molecule has 2 aliphatic rings. The van der Waals surface area contributed by atoms with Gasteiger partial charge in [-0.15, -0.1) is 0 Å². The van der Waals surface area contributed by atoms with E-state index >= 15 is 0 Å². The van der Waals surface area contributed by atoms with Gasteiger partial charge in [0.25, 0.3) is 0 Å². The third-order valence-electron chi connectivity index (χ3n) is 5.06. The van der Waals surface area contributed by atoms with E-state index in [1.807, 2.05) is 32.9 Å². The lowest BCUT2D eigenvalue weighted by atomic mass is 9.99. The van der Waals surface area contributed by atoms with E-state index in [2.05, 4.69) is 12.1 Å². The summed E-state index contributed by atoms with van der Waals surface area (Å²) in [6.07, 6.45) is 1.86. The number of amides is 2. The van der Waals surface area contributed by atoms with Crippen molar-refractivity contribution in [1.82, 2.24) is 9.80 Å². The highest BCUT2D eigenvalue weighted by Gasteiger charge is 2.38. The summed E-state index contributed by atoms with van der Waals surface area (Å²) >= 11 is 0. The maximum absolute atomic E-state index is 13.0. The van der Waals surface area contributed by atoms with E-state index in [-0.39, 0.29) is 12.0 Å². The van der Waals surface area contributed by atoms with Crippen LogP contribution in [0.15, 0.2) is 24.3 Å². The maximum atomic E-state index is 13.0. The molecular weight excluding hydrogens is 344 g/mol. The number of nitrogens with zero attached hydrogens (tertiary/aromatic N) is 2. The molecule has 2 aliphatic heterocycles. The first-order valence-corrected chi connectivity index (χ1v) is 9.67. The molecule has 27 heavy (non-hydrogen) atoms. The van der Waals surface area contributed by atoms with E-state index in [1.54, 1.807) is 16.8 Å². The van der Waals surface area contributed by atoms with Crippen molar-refractivity contribution in [2.75, 3.05) is 20.1 Å². The molecule has 0 radical (unpaired) electrons. The third kappa shape index (κ3) is 4.80. The van der Waals surface area contributed by atoms with Gasteiger partial charge in [0.05, 0.1) is 12.7 Å². The van der Waals surface area contributed by atoms with Crippen molar-refractivity contribution >= 4 is 12.0 Å². The Morgan fingerprint density at radius 2 is 1.96 bits per heavy atom. The lowest BCUT2D eigenvalue weighted by Gasteiger charge is -2.33. The highest BCUT2D eigenvalue weighted by Crippen LogP contribution is 2.24. The Morgan fingerprint density at radius 3 is 2.67 bits per heavy atom. The van der Waals surface area contributed by atoms with Crippen LogP contribution in [0, 0.1) is 0 Å². The molecule has 1 aromatic carbocycles. The fraction of sp³-hybridized carbons (Fsp3) is 0.619. The summed E-state index contributed by atoms with van der Waals surface area (Å²) in [5.74, 6) is -0.0409. The van der Waals surface area contributed by atoms with Gasteiger partial charge in [0.1, 0.15) is 11.6 Å². The molecule has 0 saturated carbocycles. The molecule has 2 unspecified atom stereocenters. The van der Waals surface area contributed by atoms with Crippen LogP contribution >= 0.6 is 0 Å². The summed E-state index contributed by atoms with van der Waals surface area (Å²) in [7, 11) is 1.79. The normalized spacial score (nSPS) is 22.3. The quantitative estimate of drug-likeness (QED) is 0.816. The number of carbonyl (C=O) groups excluding carboxylic acids is 2. The average molecular weight is 374 g/mol. The molecule has 6 nitrogen and oxygen atoms in total. The Bertz CT molecular complexity index is 698. The van der Waals surface area contributed by atoms with Gasteiger partial charge in [0, 0.05) is 26.6 Å². The molecule has 6 heteroatoms. The van der Waals surface area contributed by atoms with Crippen molar-refractivity contribution in [2.24, 2.45) is 0 Å². The highest BCUT2D eigenvalue weighted by molar-refractivity contribution is 5.86. The van der Waals surface area contributed by atoms with Gasteiger partial charge in [-0.1, -0.05) is 24.3 Å². The highest BCUT2D eigenvalue weighted by atomic mass is 16.6. The molecule has 1 saturated heterocycles. The van der Waals surface area contributed by atoms with E-state index in [0.717, 1.165) is 12.8 Å². The number of benzene rings is 1. The minimum absolute atomic E-state index is 0.0229. The van der Waals surface area contributed by atoms with Crippen LogP contribution in [0.1, 0.15) is 44.7 Å².